The van der Waals surface area contributed by atoms with Crippen LogP contribution in [0.1, 0.15) is 19.8 Å². The number of carbonyl (C=O) groups is 1. The lowest BCUT2D eigenvalue weighted by Gasteiger charge is -1.89. The highest BCUT2D eigenvalue weighted by Gasteiger charge is 2.14. The van der Waals surface area contributed by atoms with E-state index in [1.54, 1.807) is 0 Å². The summed E-state index contributed by atoms with van der Waals surface area (Å²) in [5.74, 6) is 0.716. The molecule has 0 amide bonds. The van der Waals surface area contributed by atoms with Crippen LogP contribution in [0.2, 0.25) is 0 Å². The van der Waals surface area contributed by atoms with Crippen molar-refractivity contribution in [3.8, 4) is 0 Å². The number of hydrogen-bond acceptors (Lipinski definition) is 2. The summed E-state index contributed by atoms with van der Waals surface area (Å²) in [6.07, 6.45) is 3.17. The van der Waals surface area contributed by atoms with Gasteiger partial charge in [0.25, 0.3) is 0 Å². The molecule has 44 valence electrons. The van der Waals surface area contributed by atoms with Gasteiger partial charge < -0.3 is 4.74 Å². The number of rotatable bonds is 0. The number of hydrogen-bond donors (Lipinski definition) is 0. The predicted octanol–water partition coefficient (Wildman–Crippen LogP) is 1.23. The van der Waals surface area contributed by atoms with Crippen molar-refractivity contribution < 1.29 is 9.53 Å². The van der Waals surface area contributed by atoms with Gasteiger partial charge in [-0.15, -0.1) is 0 Å². The molecule has 1 rings (SSSR count). The Morgan fingerprint density at radius 2 is 2.38 bits per heavy atom. The summed E-state index contributed by atoms with van der Waals surface area (Å²) in [7, 11) is 0. The lowest BCUT2D eigenvalue weighted by Crippen LogP contribution is -1.88. The molecular formula is C6H8O2. The zero-order valence-corrected chi connectivity index (χ0v) is 4.81. The normalized spacial score (nSPS) is 24.1. The van der Waals surface area contributed by atoms with Crippen molar-refractivity contribution in [1.82, 2.24) is 0 Å². The van der Waals surface area contributed by atoms with Gasteiger partial charge in [-0.3, -0.25) is 4.79 Å². The van der Waals surface area contributed by atoms with Crippen LogP contribution in [0.4, 0.5) is 0 Å². The molecule has 1 saturated heterocycles. The van der Waals surface area contributed by atoms with Crippen molar-refractivity contribution in [2.45, 2.75) is 19.8 Å². The van der Waals surface area contributed by atoms with E-state index in [-0.39, 0.29) is 5.97 Å². The van der Waals surface area contributed by atoms with Gasteiger partial charge in [0.05, 0.1) is 6.42 Å². The molecule has 0 aromatic rings. The third-order valence-corrected chi connectivity index (χ3v) is 1.14. The summed E-state index contributed by atoms with van der Waals surface area (Å²) in [6.45, 7) is 1.87. The largest absolute Gasteiger partial charge is 0.431 e. The first kappa shape index (κ1) is 5.35. The Labute approximate surface area is 48.1 Å². The quantitative estimate of drug-likeness (QED) is 0.440. The molecule has 0 aromatic heterocycles. The van der Waals surface area contributed by atoms with Gasteiger partial charge in [0.2, 0.25) is 0 Å². The van der Waals surface area contributed by atoms with Crippen LogP contribution in [-0.4, -0.2) is 5.97 Å². The van der Waals surface area contributed by atoms with Crippen molar-refractivity contribution >= 4 is 5.97 Å². The summed E-state index contributed by atoms with van der Waals surface area (Å²) >= 11 is 0. The highest BCUT2D eigenvalue weighted by Crippen LogP contribution is 2.16. The maximum absolute atomic E-state index is 10.3. The molecular weight excluding hydrogens is 104 g/mol. The smallest absolute Gasteiger partial charge is 0.311 e. The standard InChI is InChI=1S/C6H8O2/c1-2-5-3-4-6(7)8-5/h2H,3-4H2,1H3/b5-2-. The highest BCUT2D eigenvalue weighted by atomic mass is 16.5. The Kier molecular flexibility index (Phi) is 1.33. The minimum atomic E-state index is -0.0990. The van der Waals surface area contributed by atoms with Crippen LogP contribution in [0.3, 0.4) is 0 Å². The van der Waals surface area contributed by atoms with Gasteiger partial charge in [0, 0.05) is 6.42 Å². The number of cyclic esters (lactones) is 1. The van der Waals surface area contributed by atoms with E-state index < -0.39 is 0 Å². The van der Waals surface area contributed by atoms with Crippen molar-refractivity contribution in [2.24, 2.45) is 0 Å². The van der Waals surface area contributed by atoms with Crippen LogP contribution in [0, 0.1) is 0 Å². The van der Waals surface area contributed by atoms with Gasteiger partial charge >= 0.3 is 5.97 Å². The average molecular weight is 112 g/mol. The lowest BCUT2D eigenvalue weighted by molar-refractivity contribution is -0.135. The summed E-state index contributed by atoms with van der Waals surface area (Å²) < 4.78 is 4.73. The highest BCUT2D eigenvalue weighted by molar-refractivity contribution is 5.73. The van der Waals surface area contributed by atoms with E-state index in [1.807, 2.05) is 13.0 Å². The van der Waals surface area contributed by atoms with E-state index in [9.17, 15) is 4.79 Å². The van der Waals surface area contributed by atoms with Gasteiger partial charge in [-0.2, -0.15) is 0 Å². The Balaban J connectivity index is 2.56. The molecule has 2 nitrogen and oxygen atoms in total. The molecule has 0 atom stereocenters. The second kappa shape index (κ2) is 1.99. The molecule has 1 aliphatic heterocycles. The van der Waals surface area contributed by atoms with E-state index in [1.165, 1.54) is 0 Å². The fourth-order valence-electron chi connectivity index (χ4n) is 0.677. The lowest BCUT2D eigenvalue weighted by atomic mass is 10.3. The summed E-state index contributed by atoms with van der Waals surface area (Å²) in [5, 5.41) is 0. The third kappa shape index (κ3) is 0.886. The van der Waals surface area contributed by atoms with Gasteiger partial charge in [-0.05, 0) is 13.0 Å². The number of ether oxygens (including phenoxy) is 1. The van der Waals surface area contributed by atoms with Crippen molar-refractivity contribution in [3.05, 3.63) is 11.8 Å². The summed E-state index contributed by atoms with van der Waals surface area (Å²) in [6, 6.07) is 0. The van der Waals surface area contributed by atoms with E-state index >= 15 is 0 Å². The van der Waals surface area contributed by atoms with E-state index in [2.05, 4.69) is 0 Å². The van der Waals surface area contributed by atoms with E-state index in [4.69, 9.17) is 4.74 Å². The van der Waals surface area contributed by atoms with Crippen LogP contribution in [-0.2, 0) is 9.53 Å². The van der Waals surface area contributed by atoms with Gasteiger partial charge in [-0.1, -0.05) is 0 Å². The molecule has 0 unspecified atom stereocenters. The molecule has 1 aliphatic rings. The SMILES string of the molecule is C/C=C1/CCC(=O)O1. The van der Waals surface area contributed by atoms with Gasteiger partial charge in [0.1, 0.15) is 5.76 Å². The van der Waals surface area contributed by atoms with Gasteiger partial charge in [0.15, 0.2) is 0 Å². The first-order chi connectivity index (χ1) is 3.83. The van der Waals surface area contributed by atoms with E-state index in [0.717, 1.165) is 12.2 Å². The minimum absolute atomic E-state index is 0.0990. The summed E-state index contributed by atoms with van der Waals surface area (Å²) in [4.78, 5) is 10.3. The van der Waals surface area contributed by atoms with Crippen LogP contribution in [0.5, 0.6) is 0 Å². The third-order valence-electron chi connectivity index (χ3n) is 1.14. The second-order valence-electron chi connectivity index (χ2n) is 1.73. The first-order valence-electron chi connectivity index (χ1n) is 2.69. The molecule has 1 heterocycles. The molecule has 0 bridgehead atoms. The average Bonchev–Trinajstić information content (AvgIpc) is 2.14. The maximum atomic E-state index is 10.3. The van der Waals surface area contributed by atoms with Crippen molar-refractivity contribution in [3.63, 3.8) is 0 Å². The van der Waals surface area contributed by atoms with Crippen LogP contribution in [0.25, 0.3) is 0 Å². The van der Waals surface area contributed by atoms with Crippen LogP contribution in [0.15, 0.2) is 11.8 Å². The molecule has 0 saturated carbocycles. The van der Waals surface area contributed by atoms with Gasteiger partial charge in [-0.25, -0.2) is 0 Å². The molecule has 0 N–H and O–H groups in total. The molecule has 0 spiro atoms. The van der Waals surface area contributed by atoms with Crippen LogP contribution < -0.4 is 0 Å². The molecule has 2 heteroatoms. The second-order valence-corrected chi connectivity index (χ2v) is 1.73. The molecule has 1 fully saturated rings. The topological polar surface area (TPSA) is 26.3 Å². The first-order valence-corrected chi connectivity index (χ1v) is 2.69. The molecule has 0 aromatic carbocycles. The zero-order chi connectivity index (χ0) is 5.98. The number of allylic oxidation sites excluding steroid dienone is 2. The number of esters is 1. The van der Waals surface area contributed by atoms with E-state index in [0.29, 0.717) is 6.42 Å². The molecule has 8 heavy (non-hydrogen) atoms. The Morgan fingerprint density at radius 3 is 2.62 bits per heavy atom. The zero-order valence-electron chi connectivity index (χ0n) is 4.81. The number of carbonyl (C=O) groups excluding carboxylic acids is 1. The maximum Gasteiger partial charge on any atom is 0.311 e. The fraction of sp³-hybridized carbons (Fsp3) is 0.500. The monoisotopic (exact) mass is 112 g/mol. The Bertz CT molecular complexity index is 135. The van der Waals surface area contributed by atoms with Crippen molar-refractivity contribution in [2.75, 3.05) is 0 Å². The fourth-order valence-corrected chi connectivity index (χ4v) is 0.677. The molecule has 0 radical (unpaired) electrons. The Hall–Kier alpha value is -0.790. The summed E-state index contributed by atoms with van der Waals surface area (Å²) in [5.41, 5.74) is 0. The molecule has 0 aliphatic carbocycles. The predicted molar refractivity (Wildman–Crippen MR) is 29.1 cm³/mol. The van der Waals surface area contributed by atoms with Crippen molar-refractivity contribution in [1.29, 1.82) is 0 Å². The minimum Gasteiger partial charge on any atom is -0.431 e. The Morgan fingerprint density at radius 1 is 1.62 bits per heavy atom. The van der Waals surface area contributed by atoms with Crippen LogP contribution >= 0.6 is 0 Å².